The topological polar surface area (TPSA) is 98.9 Å². The predicted molar refractivity (Wildman–Crippen MR) is 152 cm³/mol. The molecule has 0 fully saturated rings. The molecule has 5 aromatic rings. The van der Waals surface area contributed by atoms with E-state index in [4.69, 9.17) is 4.74 Å². The van der Waals surface area contributed by atoms with E-state index < -0.39 is 23.4 Å². The molecule has 0 atom stereocenters. The number of halogens is 3. The minimum absolute atomic E-state index is 0.260. The molecular formula is C31H24F3N7O2. The Labute approximate surface area is 244 Å². The molecular weight excluding hydrogens is 559 g/mol. The predicted octanol–water partition coefficient (Wildman–Crippen LogP) is 6.01. The summed E-state index contributed by atoms with van der Waals surface area (Å²) in [6, 6.07) is 12.5. The molecule has 12 heteroatoms. The Morgan fingerprint density at radius 3 is 2.49 bits per heavy atom. The van der Waals surface area contributed by atoms with Gasteiger partial charge in [0.05, 0.1) is 17.3 Å². The van der Waals surface area contributed by atoms with E-state index in [2.05, 4.69) is 36.9 Å². The van der Waals surface area contributed by atoms with E-state index in [1.54, 1.807) is 68.5 Å². The molecule has 0 bridgehead atoms. The molecule has 2 aromatic carbocycles. The van der Waals surface area contributed by atoms with Gasteiger partial charge in [-0.05, 0) is 80.3 Å². The fourth-order valence-corrected chi connectivity index (χ4v) is 4.59. The fraction of sp³-hybridized carbons (Fsp3) is 0.226. The summed E-state index contributed by atoms with van der Waals surface area (Å²) in [7, 11) is 0. The summed E-state index contributed by atoms with van der Waals surface area (Å²) in [6.45, 7) is 6.02. The Bertz CT molecular complexity index is 1930. The van der Waals surface area contributed by atoms with Crippen LogP contribution < -0.4 is 4.90 Å². The van der Waals surface area contributed by atoms with Crippen LogP contribution in [0.1, 0.15) is 48.7 Å². The Hall–Kier alpha value is -5.31. The molecule has 1 aliphatic heterocycles. The van der Waals surface area contributed by atoms with Gasteiger partial charge in [-0.15, -0.1) is 0 Å². The highest BCUT2D eigenvalue weighted by molar-refractivity contribution is 5.88. The van der Waals surface area contributed by atoms with E-state index in [9.17, 15) is 18.0 Å². The second-order valence-electron chi connectivity index (χ2n) is 10.9. The third kappa shape index (κ3) is 6.01. The monoisotopic (exact) mass is 583 g/mol. The lowest BCUT2D eigenvalue weighted by Gasteiger charge is -2.19. The van der Waals surface area contributed by atoms with Crippen molar-refractivity contribution >= 4 is 22.9 Å². The lowest BCUT2D eigenvalue weighted by molar-refractivity contribution is -0.137. The zero-order valence-corrected chi connectivity index (χ0v) is 23.3. The van der Waals surface area contributed by atoms with E-state index >= 15 is 0 Å². The molecule has 1 aliphatic rings. The van der Waals surface area contributed by atoms with Crippen molar-refractivity contribution in [2.75, 3.05) is 4.90 Å². The maximum Gasteiger partial charge on any atom is 0.435 e. The minimum atomic E-state index is -4.40. The van der Waals surface area contributed by atoms with E-state index in [0.29, 0.717) is 46.3 Å². The first kappa shape index (κ1) is 27.8. The number of aromatic nitrogens is 6. The van der Waals surface area contributed by atoms with Crippen LogP contribution in [0.3, 0.4) is 0 Å². The van der Waals surface area contributed by atoms with Crippen LogP contribution in [-0.4, -0.2) is 41.4 Å². The largest absolute Gasteiger partial charge is 0.442 e. The van der Waals surface area contributed by atoms with Crippen LogP contribution >= 0.6 is 0 Å². The number of alkyl halides is 3. The molecule has 43 heavy (non-hydrogen) atoms. The van der Waals surface area contributed by atoms with Crippen LogP contribution in [-0.2, 0) is 24.0 Å². The number of anilines is 1. The van der Waals surface area contributed by atoms with Crippen molar-refractivity contribution in [2.24, 2.45) is 0 Å². The molecule has 0 unspecified atom stereocenters. The highest BCUT2D eigenvalue weighted by Gasteiger charge is 2.32. The minimum Gasteiger partial charge on any atom is -0.442 e. The highest BCUT2D eigenvalue weighted by Crippen LogP contribution is 2.34. The number of hydrogen-bond acceptors (Lipinski definition) is 8. The molecule has 9 nitrogen and oxygen atoms in total. The van der Waals surface area contributed by atoms with Crippen LogP contribution in [0.25, 0.3) is 22.4 Å². The second-order valence-corrected chi connectivity index (χ2v) is 10.9. The van der Waals surface area contributed by atoms with Gasteiger partial charge < -0.3 is 9.64 Å². The van der Waals surface area contributed by atoms with E-state index in [1.807, 2.05) is 6.07 Å². The molecule has 0 saturated carbocycles. The standard InChI is InChI=1S/C31H24F3N7O2/c1-30(2,3)43-29(42)41-26-9-5-19(14-21(26)16-37-41)4-8-24-10-12-35-27(38-24)25-11-13-36-28(39-25)40-17-20-6-7-23(31(32,33)34)15-22(20)18-40/h5-7,9-16H,17-18H2,1-3H3. The number of carbonyl (C=O) groups is 1. The van der Waals surface area contributed by atoms with Crippen LogP contribution in [0.5, 0.6) is 0 Å². The van der Waals surface area contributed by atoms with Crippen molar-refractivity contribution in [1.82, 2.24) is 29.7 Å². The van der Waals surface area contributed by atoms with E-state index in [1.165, 1.54) is 16.8 Å². The maximum atomic E-state index is 13.2. The first-order chi connectivity index (χ1) is 20.4. The summed E-state index contributed by atoms with van der Waals surface area (Å²) in [5.41, 5.74) is 2.28. The zero-order valence-electron chi connectivity index (χ0n) is 23.3. The van der Waals surface area contributed by atoms with Gasteiger partial charge >= 0.3 is 12.3 Å². The first-order valence-electron chi connectivity index (χ1n) is 13.3. The molecule has 4 heterocycles. The third-order valence-corrected chi connectivity index (χ3v) is 6.54. The maximum absolute atomic E-state index is 13.2. The van der Waals surface area contributed by atoms with Crippen LogP contribution in [0, 0.1) is 11.8 Å². The lowest BCUT2D eigenvalue weighted by Crippen LogP contribution is -2.27. The van der Waals surface area contributed by atoms with Gasteiger partial charge in [0.1, 0.15) is 17.0 Å². The molecule has 3 aromatic heterocycles. The summed E-state index contributed by atoms with van der Waals surface area (Å²) >= 11 is 0. The summed E-state index contributed by atoms with van der Waals surface area (Å²) in [5, 5.41) is 4.89. The number of carbonyl (C=O) groups excluding carboxylic acids is 1. The van der Waals surface area contributed by atoms with Crippen molar-refractivity contribution in [2.45, 2.75) is 45.6 Å². The van der Waals surface area contributed by atoms with Gasteiger partial charge in [-0.1, -0.05) is 12.0 Å². The van der Waals surface area contributed by atoms with Gasteiger partial charge in [-0.2, -0.15) is 23.0 Å². The molecule has 0 spiro atoms. The van der Waals surface area contributed by atoms with Gasteiger partial charge in [0.15, 0.2) is 5.82 Å². The molecule has 0 N–H and O–H groups in total. The average Bonchev–Trinajstić information content (AvgIpc) is 3.59. The van der Waals surface area contributed by atoms with Crippen LogP contribution in [0.2, 0.25) is 0 Å². The number of rotatable bonds is 2. The number of fused-ring (bicyclic) bond motifs is 2. The summed E-state index contributed by atoms with van der Waals surface area (Å²) in [6.07, 6.45) is -0.244. The van der Waals surface area contributed by atoms with Crippen molar-refractivity contribution in [3.63, 3.8) is 0 Å². The van der Waals surface area contributed by atoms with Crippen LogP contribution in [0.4, 0.5) is 23.9 Å². The lowest BCUT2D eigenvalue weighted by atomic mass is 10.1. The fourth-order valence-electron chi connectivity index (χ4n) is 4.59. The van der Waals surface area contributed by atoms with Crippen molar-refractivity contribution < 1.29 is 22.7 Å². The normalized spacial score (nSPS) is 13.0. The smallest absolute Gasteiger partial charge is 0.435 e. The van der Waals surface area contributed by atoms with Gasteiger partial charge in [0.2, 0.25) is 5.95 Å². The molecule has 6 rings (SSSR count). The number of ether oxygens (including phenoxy) is 1. The highest BCUT2D eigenvalue weighted by atomic mass is 19.4. The number of benzene rings is 2. The third-order valence-electron chi connectivity index (χ3n) is 6.54. The molecule has 0 radical (unpaired) electrons. The van der Waals surface area contributed by atoms with Crippen molar-refractivity contribution in [3.8, 4) is 23.4 Å². The van der Waals surface area contributed by atoms with Crippen molar-refractivity contribution in [3.05, 3.63) is 95.1 Å². The molecule has 216 valence electrons. The van der Waals surface area contributed by atoms with Crippen LogP contribution in [0.15, 0.2) is 67.1 Å². The Balaban J connectivity index is 1.20. The summed E-state index contributed by atoms with van der Waals surface area (Å²) in [5.74, 6) is 6.80. The zero-order chi connectivity index (χ0) is 30.4. The van der Waals surface area contributed by atoms with Gasteiger partial charge in [0, 0.05) is 36.4 Å². The first-order valence-corrected chi connectivity index (χ1v) is 13.3. The summed E-state index contributed by atoms with van der Waals surface area (Å²) in [4.78, 5) is 32.0. The Morgan fingerprint density at radius 2 is 1.70 bits per heavy atom. The molecule has 0 amide bonds. The Kier molecular flexibility index (Phi) is 6.80. The van der Waals surface area contributed by atoms with E-state index in [0.717, 1.165) is 17.0 Å². The second kappa shape index (κ2) is 10.5. The number of nitrogens with zero attached hydrogens (tertiary/aromatic N) is 7. The summed E-state index contributed by atoms with van der Waals surface area (Å²) < 4.78 is 46.1. The van der Waals surface area contributed by atoms with Gasteiger partial charge in [-0.3, -0.25) is 0 Å². The van der Waals surface area contributed by atoms with Crippen molar-refractivity contribution in [1.29, 1.82) is 0 Å². The SMILES string of the molecule is CC(C)(C)OC(=O)n1ncc2cc(C#Cc3ccnc(-c4ccnc(N5Cc6ccc(C(F)(F)F)cc6C5)n4)n3)ccc21. The quantitative estimate of drug-likeness (QED) is 0.233. The Morgan fingerprint density at radius 1 is 0.907 bits per heavy atom. The average molecular weight is 584 g/mol. The number of hydrogen-bond donors (Lipinski definition) is 0. The molecule has 0 saturated heterocycles. The van der Waals surface area contributed by atoms with E-state index in [-0.39, 0.29) is 6.54 Å². The molecule has 0 aliphatic carbocycles. The van der Waals surface area contributed by atoms with Gasteiger partial charge in [-0.25, -0.2) is 24.7 Å². The van der Waals surface area contributed by atoms with Gasteiger partial charge in [0.25, 0.3) is 0 Å².